The number of halogens is 5. The number of carbonyl (C=O) groups is 1. The maximum atomic E-state index is 14.4. The molecule has 9 nitrogen and oxygen atoms in total. The molecule has 1 aliphatic rings. The minimum absolute atomic E-state index is 0.0933. The Morgan fingerprint density at radius 3 is 2.51 bits per heavy atom. The van der Waals surface area contributed by atoms with Crippen LogP contribution in [0.15, 0.2) is 41.7 Å². The number of aromatic nitrogens is 4. The molecule has 0 aliphatic carbocycles. The van der Waals surface area contributed by atoms with Crippen LogP contribution in [0.25, 0.3) is 5.57 Å². The lowest BCUT2D eigenvalue weighted by atomic mass is 9.88. The second-order valence-corrected chi connectivity index (χ2v) is 8.02. The van der Waals surface area contributed by atoms with Crippen LogP contribution in [0.2, 0.25) is 0 Å². The Morgan fingerprint density at radius 2 is 1.94 bits per heavy atom. The van der Waals surface area contributed by atoms with Crippen molar-refractivity contribution in [2.45, 2.75) is 31.5 Å². The van der Waals surface area contributed by atoms with Crippen LogP contribution in [0.1, 0.15) is 24.6 Å². The standard InChI is InChI=1S/C21H23F5N8O/c1-12-5-20(22,23)11-34(16(12)10-33-19-31-6-13(7-32-19)21(24,25)26)18(35)17(27)14(8-28-2)15-9-29-3-4-30-15/h3-4,6-9,12,16H,5,10-11,27H2,1-2H3,(H,31,32,33)/t12-,16?/m1/s1. The van der Waals surface area contributed by atoms with Gasteiger partial charge in [0.15, 0.2) is 0 Å². The molecule has 2 aromatic heterocycles. The summed E-state index contributed by atoms with van der Waals surface area (Å²) in [6.45, 7) is 0.558. The Balaban J connectivity index is 1.88. The zero-order chi connectivity index (χ0) is 25.8. The molecule has 0 saturated carbocycles. The predicted octanol–water partition coefficient (Wildman–Crippen LogP) is 2.64. The summed E-state index contributed by atoms with van der Waals surface area (Å²) in [6.07, 6.45) is 1.55. The largest absolute Gasteiger partial charge is 0.419 e. The van der Waals surface area contributed by atoms with E-state index in [0.29, 0.717) is 12.4 Å². The summed E-state index contributed by atoms with van der Waals surface area (Å²) in [4.78, 5) is 33.4. The SMILES string of the molecule is CN=CC(=C(N)C(=O)N1CC(F)(F)C[C@@H](C)C1CNc1ncc(C(F)(F)F)cn1)c1cnccn1. The first-order valence-electron chi connectivity index (χ1n) is 10.4. The molecule has 0 aromatic carbocycles. The molecule has 3 rings (SSSR count). The Kier molecular flexibility index (Phi) is 7.60. The zero-order valence-corrected chi connectivity index (χ0v) is 18.8. The highest BCUT2D eigenvalue weighted by molar-refractivity contribution is 6.17. The van der Waals surface area contributed by atoms with Gasteiger partial charge in [-0.25, -0.2) is 18.7 Å². The smallest absolute Gasteiger partial charge is 0.394 e. The lowest BCUT2D eigenvalue weighted by molar-refractivity contribution is -0.148. The van der Waals surface area contributed by atoms with Crippen LogP contribution in [0.3, 0.4) is 0 Å². The summed E-state index contributed by atoms with van der Waals surface area (Å²) in [5.41, 5.74) is 5.07. The van der Waals surface area contributed by atoms with Crippen LogP contribution < -0.4 is 11.1 Å². The molecular formula is C21H23F5N8O. The number of amides is 1. The topological polar surface area (TPSA) is 122 Å². The van der Waals surface area contributed by atoms with Crippen molar-refractivity contribution in [3.05, 3.63) is 47.9 Å². The molecule has 1 saturated heterocycles. The summed E-state index contributed by atoms with van der Waals surface area (Å²) in [5.74, 6) is -4.85. The summed E-state index contributed by atoms with van der Waals surface area (Å²) in [7, 11) is 1.45. The van der Waals surface area contributed by atoms with Gasteiger partial charge in [-0.1, -0.05) is 6.92 Å². The molecule has 1 fully saturated rings. The number of hydrogen-bond acceptors (Lipinski definition) is 8. The molecule has 0 spiro atoms. The highest BCUT2D eigenvalue weighted by Gasteiger charge is 2.46. The Bertz CT molecular complexity index is 1090. The van der Waals surface area contributed by atoms with E-state index in [4.69, 9.17) is 5.73 Å². The molecule has 188 valence electrons. The molecule has 2 aromatic rings. The minimum Gasteiger partial charge on any atom is -0.394 e. The number of nitrogens with two attached hydrogens (primary N) is 1. The number of alkyl halides is 5. The van der Waals surface area contributed by atoms with Gasteiger partial charge in [0.1, 0.15) is 5.70 Å². The molecule has 35 heavy (non-hydrogen) atoms. The number of rotatable bonds is 6. The van der Waals surface area contributed by atoms with Gasteiger partial charge in [-0.15, -0.1) is 0 Å². The van der Waals surface area contributed by atoms with Crippen LogP contribution in [0, 0.1) is 5.92 Å². The van der Waals surface area contributed by atoms with Crippen molar-refractivity contribution in [1.82, 2.24) is 24.8 Å². The number of aliphatic imine (C=N–C) groups is 1. The van der Waals surface area contributed by atoms with E-state index in [1.54, 1.807) is 6.92 Å². The minimum atomic E-state index is -4.60. The summed E-state index contributed by atoms with van der Waals surface area (Å²) < 4.78 is 67.1. The van der Waals surface area contributed by atoms with E-state index in [1.165, 1.54) is 31.9 Å². The molecule has 3 N–H and O–H groups in total. The van der Waals surface area contributed by atoms with E-state index in [9.17, 15) is 26.7 Å². The van der Waals surface area contributed by atoms with Crippen molar-refractivity contribution in [2.24, 2.45) is 16.6 Å². The van der Waals surface area contributed by atoms with Crippen LogP contribution in [-0.4, -0.2) is 69.1 Å². The molecule has 3 heterocycles. The van der Waals surface area contributed by atoms with Crippen molar-refractivity contribution in [2.75, 3.05) is 25.5 Å². The average molecular weight is 498 g/mol. The second kappa shape index (κ2) is 10.3. The Morgan fingerprint density at radius 1 is 1.26 bits per heavy atom. The molecule has 1 aliphatic heterocycles. The fourth-order valence-electron chi connectivity index (χ4n) is 3.75. The maximum Gasteiger partial charge on any atom is 0.419 e. The van der Waals surface area contributed by atoms with Gasteiger partial charge < -0.3 is 16.0 Å². The number of piperidine rings is 1. The lowest BCUT2D eigenvalue weighted by Crippen LogP contribution is -2.58. The highest BCUT2D eigenvalue weighted by atomic mass is 19.4. The van der Waals surface area contributed by atoms with Crippen LogP contribution in [-0.2, 0) is 11.0 Å². The normalized spacial score (nSPS) is 21.1. The predicted molar refractivity (Wildman–Crippen MR) is 117 cm³/mol. The molecular weight excluding hydrogens is 475 g/mol. The number of nitrogens with zero attached hydrogens (tertiary/aromatic N) is 6. The van der Waals surface area contributed by atoms with E-state index in [1.807, 2.05) is 0 Å². The monoisotopic (exact) mass is 498 g/mol. The van der Waals surface area contributed by atoms with E-state index in [2.05, 4.69) is 30.2 Å². The van der Waals surface area contributed by atoms with E-state index in [0.717, 1.165) is 4.90 Å². The summed E-state index contributed by atoms with van der Waals surface area (Å²) in [5, 5.41) is 2.73. The zero-order valence-electron chi connectivity index (χ0n) is 18.8. The number of anilines is 1. The maximum absolute atomic E-state index is 14.4. The molecule has 1 unspecified atom stereocenters. The van der Waals surface area contributed by atoms with Gasteiger partial charge in [-0.3, -0.25) is 19.8 Å². The number of likely N-dealkylation sites (tertiary alicyclic amines) is 1. The lowest BCUT2D eigenvalue weighted by Gasteiger charge is -2.43. The molecule has 0 bridgehead atoms. The van der Waals surface area contributed by atoms with E-state index < -0.39 is 48.5 Å². The first kappa shape index (κ1) is 25.9. The van der Waals surface area contributed by atoms with E-state index >= 15 is 0 Å². The van der Waals surface area contributed by atoms with Gasteiger partial charge >= 0.3 is 6.18 Å². The number of nitrogens with one attached hydrogen (secondary N) is 1. The van der Waals surface area contributed by atoms with Gasteiger partial charge in [0, 0.05) is 56.6 Å². The van der Waals surface area contributed by atoms with E-state index in [-0.39, 0.29) is 29.5 Å². The third-order valence-electron chi connectivity index (χ3n) is 5.41. The second-order valence-electron chi connectivity index (χ2n) is 8.02. The first-order chi connectivity index (χ1) is 16.4. The summed E-state index contributed by atoms with van der Waals surface area (Å²) in [6, 6.07) is -0.784. The molecule has 0 radical (unpaired) electrons. The van der Waals surface area contributed by atoms with Crippen LogP contribution >= 0.6 is 0 Å². The van der Waals surface area contributed by atoms with Gasteiger partial charge in [0.2, 0.25) is 5.95 Å². The Hall–Kier alpha value is -3.71. The molecule has 2 atom stereocenters. The first-order valence-corrected chi connectivity index (χ1v) is 10.4. The van der Waals surface area contributed by atoms with Crippen molar-refractivity contribution in [1.29, 1.82) is 0 Å². The quantitative estimate of drug-likeness (QED) is 0.357. The van der Waals surface area contributed by atoms with Crippen molar-refractivity contribution >= 4 is 23.6 Å². The highest BCUT2D eigenvalue weighted by Crippen LogP contribution is 2.35. The third kappa shape index (κ3) is 6.25. The fourth-order valence-corrected chi connectivity index (χ4v) is 3.75. The average Bonchev–Trinajstić information content (AvgIpc) is 2.80. The van der Waals surface area contributed by atoms with Gasteiger partial charge in [-0.2, -0.15) is 13.2 Å². The number of hydrogen-bond donors (Lipinski definition) is 2. The van der Waals surface area contributed by atoms with Crippen molar-refractivity contribution in [3.63, 3.8) is 0 Å². The molecule has 14 heteroatoms. The Labute approximate surface area is 197 Å². The van der Waals surface area contributed by atoms with Gasteiger partial charge in [-0.05, 0) is 5.92 Å². The van der Waals surface area contributed by atoms with Gasteiger partial charge in [0.05, 0.1) is 30.0 Å². The molecule has 1 amide bonds. The van der Waals surface area contributed by atoms with Gasteiger partial charge in [0.25, 0.3) is 11.8 Å². The van der Waals surface area contributed by atoms with Crippen molar-refractivity contribution in [3.8, 4) is 0 Å². The number of carbonyl (C=O) groups excluding carboxylic acids is 1. The summed E-state index contributed by atoms with van der Waals surface area (Å²) >= 11 is 0. The third-order valence-corrected chi connectivity index (χ3v) is 5.41. The fraction of sp³-hybridized carbons (Fsp3) is 0.429. The van der Waals surface area contributed by atoms with Crippen LogP contribution in [0.5, 0.6) is 0 Å². The van der Waals surface area contributed by atoms with Crippen molar-refractivity contribution < 1.29 is 26.7 Å². The van der Waals surface area contributed by atoms with Crippen LogP contribution in [0.4, 0.5) is 27.9 Å². The number of allylic oxidation sites excluding steroid dienone is 1.